The van der Waals surface area contributed by atoms with Crippen LogP contribution in [0.15, 0.2) is 53.4 Å². The number of rotatable bonds is 5. The van der Waals surface area contributed by atoms with E-state index in [0.29, 0.717) is 17.1 Å². The van der Waals surface area contributed by atoms with Gasteiger partial charge < -0.3 is 5.32 Å². The first-order valence-corrected chi connectivity index (χ1v) is 9.00. The molecule has 0 bridgehead atoms. The van der Waals surface area contributed by atoms with Crippen molar-refractivity contribution in [2.24, 2.45) is 0 Å². The third-order valence-corrected chi connectivity index (χ3v) is 5.24. The van der Waals surface area contributed by atoms with Crippen molar-refractivity contribution in [3.63, 3.8) is 0 Å². The number of hydrogen-bond donors (Lipinski definition) is 3. The van der Waals surface area contributed by atoms with Crippen molar-refractivity contribution >= 4 is 27.1 Å². The van der Waals surface area contributed by atoms with Crippen LogP contribution in [-0.4, -0.2) is 18.6 Å². The van der Waals surface area contributed by atoms with Gasteiger partial charge in [0.2, 0.25) is 0 Å². The molecule has 0 saturated carbocycles. The number of H-pyrrole nitrogens is 1. The van der Waals surface area contributed by atoms with Crippen molar-refractivity contribution in [3.8, 4) is 0 Å². The molecule has 6 nitrogen and oxygen atoms in total. The van der Waals surface area contributed by atoms with Gasteiger partial charge in [-0.15, -0.1) is 0 Å². The molecular weight excluding hydrogens is 343 g/mol. The van der Waals surface area contributed by atoms with E-state index in [-0.39, 0.29) is 10.7 Å². The molecule has 3 aromatic rings. The van der Waals surface area contributed by atoms with Crippen molar-refractivity contribution in [1.82, 2.24) is 10.2 Å². The van der Waals surface area contributed by atoms with Gasteiger partial charge in [0.15, 0.2) is 0 Å². The number of sulfonamides is 1. The zero-order valence-electron chi connectivity index (χ0n) is 13.7. The molecule has 0 spiro atoms. The summed E-state index contributed by atoms with van der Waals surface area (Å²) in [6.07, 6.45) is 0. The van der Waals surface area contributed by atoms with Crippen LogP contribution in [0.25, 0.3) is 0 Å². The van der Waals surface area contributed by atoms with E-state index in [4.69, 9.17) is 0 Å². The van der Waals surface area contributed by atoms with E-state index < -0.39 is 10.0 Å². The Bertz CT molecular complexity index is 961. The number of aromatic nitrogens is 2. The summed E-state index contributed by atoms with van der Waals surface area (Å²) in [7, 11) is -3.71. The van der Waals surface area contributed by atoms with Gasteiger partial charge in [-0.1, -0.05) is 0 Å². The Morgan fingerprint density at radius 3 is 1.96 bits per heavy atom. The Morgan fingerprint density at radius 2 is 1.44 bits per heavy atom. The molecule has 3 rings (SSSR count). The lowest BCUT2D eigenvalue weighted by Gasteiger charge is -2.10. The maximum Gasteiger partial charge on any atom is 0.265 e. The molecule has 0 saturated heterocycles. The smallest absolute Gasteiger partial charge is 0.265 e. The minimum atomic E-state index is -3.71. The minimum Gasteiger partial charge on any atom is -0.356 e. The first kappa shape index (κ1) is 17.0. The fraction of sp³-hybridized carbons (Fsp3) is 0.118. The van der Waals surface area contributed by atoms with Crippen molar-refractivity contribution in [3.05, 3.63) is 65.7 Å². The predicted molar refractivity (Wildman–Crippen MR) is 95.0 cm³/mol. The molecule has 130 valence electrons. The van der Waals surface area contributed by atoms with Crippen molar-refractivity contribution < 1.29 is 12.8 Å². The van der Waals surface area contributed by atoms with Gasteiger partial charge in [0.05, 0.1) is 11.4 Å². The number of hydrogen-bond acceptors (Lipinski definition) is 4. The number of nitrogens with zero attached hydrogens (tertiary/aromatic N) is 1. The summed E-state index contributed by atoms with van der Waals surface area (Å²) in [4.78, 5) is 0.154. The zero-order valence-corrected chi connectivity index (χ0v) is 14.5. The second-order valence-corrected chi connectivity index (χ2v) is 7.20. The summed E-state index contributed by atoms with van der Waals surface area (Å²) in [6, 6.07) is 12.7. The van der Waals surface area contributed by atoms with E-state index in [1.54, 1.807) is 50.2 Å². The van der Waals surface area contributed by atoms with Crippen LogP contribution < -0.4 is 10.0 Å². The summed E-state index contributed by atoms with van der Waals surface area (Å²) in [5, 5.41) is 9.68. The van der Waals surface area contributed by atoms with Crippen molar-refractivity contribution in [2.45, 2.75) is 18.7 Å². The van der Waals surface area contributed by atoms with Crippen LogP contribution in [0.1, 0.15) is 11.4 Å². The quantitative estimate of drug-likeness (QED) is 0.647. The minimum absolute atomic E-state index is 0.154. The number of aryl methyl sites for hydroxylation is 2. The fourth-order valence-corrected chi connectivity index (χ4v) is 3.90. The Morgan fingerprint density at radius 1 is 0.920 bits per heavy atom. The highest BCUT2D eigenvalue weighted by Crippen LogP contribution is 2.23. The van der Waals surface area contributed by atoms with Gasteiger partial charge in [-0.25, -0.2) is 12.8 Å². The van der Waals surface area contributed by atoms with E-state index in [2.05, 4.69) is 20.2 Å². The highest BCUT2D eigenvalue weighted by molar-refractivity contribution is 7.92. The first-order valence-electron chi connectivity index (χ1n) is 7.52. The van der Waals surface area contributed by atoms with Crippen LogP contribution >= 0.6 is 0 Å². The molecule has 8 heteroatoms. The Labute approximate surface area is 145 Å². The molecule has 0 unspecified atom stereocenters. The van der Waals surface area contributed by atoms with E-state index in [1.807, 2.05) is 0 Å². The summed E-state index contributed by atoms with van der Waals surface area (Å²) in [5.74, 6) is -0.305. The SMILES string of the molecule is Cc1n[nH]c(C)c1S(=O)(=O)Nc1ccc(Nc2ccc(F)cc2)cc1. The van der Waals surface area contributed by atoms with Crippen LogP contribution in [0.4, 0.5) is 21.5 Å². The Balaban J connectivity index is 1.75. The molecule has 2 aromatic carbocycles. The van der Waals surface area contributed by atoms with Crippen LogP contribution in [-0.2, 0) is 10.0 Å². The Kier molecular flexibility index (Phi) is 4.45. The molecule has 0 aliphatic rings. The summed E-state index contributed by atoms with van der Waals surface area (Å²) < 4.78 is 40.4. The summed E-state index contributed by atoms with van der Waals surface area (Å²) in [6.45, 7) is 3.29. The number of nitrogens with one attached hydrogen (secondary N) is 3. The van der Waals surface area contributed by atoms with Gasteiger partial charge >= 0.3 is 0 Å². The van der Waals surface area contributed by atoms with Crippen LogP contribution in [0, 0.1) is 19.7 Å². The zero-order chi connectivity index (χ0) is 18.0. The second kappa shape index (κ2) is 6.56. The molecule has 1 heterocycles. The molecule has 0 fully saturated rings. The molecule has 0 aliphatic heterocycles. The Hall–Kier alpha value is -2.87. The normalized spacial score (nSPS) is 11.3. The van der Waals surface area contributed by atoms with Gasteiger partial charge in [-0.05, 0) is 62.4 Å². The first-order chi connectivity index (χ1) is 11.8. The van der Waals surface area contributed by atoms with Gasteiger partial charge in [-0.3, -0.25) is 9.82 Å². The molecule has 1 aromatic heterocycles. The number of benzene rings is 2. The molecule has 0 aliphatic carbocycles. The number of aromatic amines is 1. The lowest BCUT2D eigenvalue weighted by molar-refractivity contribution is 0.600. The molecular formula is C17H17FN4O2S. The maximum absolute atomic E-state index is 12.9. The molecule has 0 radical (unpaired) electrons. The molecule has 3 N–H and O–H groups in total. The van der Waals surface area contributed by atoms with E-state index >= 15 is 0 Å². The van der Waals surface area contributed by atoms with Crippen molar-refractivity contribution in [1.29, 1.82) is 0 Å². The predicted octanol–water partition coefficient (Wildman–Crippen LogP) is 3.71. The third kappa shape index (κ3) is 3.80. The van der Waals surface area contributed by atoms with Crippen LogP contribution in [0.3, 0.4) is 0 Å². The highest BCUT2D eigenvalue weighted by atomic mass is 32.2. The summed E-state index contributed by atoms with van der Waals surface area (Å²) in [5.41, 5.74) is 2.83. The van der Waals surface area contributed by atoms with Gasteiger partial charge in [0, 0.05) is 17.1 Å². The molecule has 0 atom stereocenters. The van der Waals surface area contributed by atoms with E-state index in [0.717, 1.165) is 11.4 Å². The van der Waals surface area contributed by atoms with Gasteiger partial charge in [0.25, 0.3) is 10.0 Å². The second-order valence-electron chi connectivity index (χ2n) is 5.58. The fourth-order valence-electron chi connectivity index (χ4n) is 2.46. The average Bonchev–Trinajstić information content (AvgIpc) is 2.91. The standard InChI is InChI=1S/C17H17FN4O2S/c1-11-17(12(2)21-20-11)25(23,24)22-16-9-7-15(8-10-16)19-14-5-3-13(18)4-6-14/h3-10,19,22H,1-2H3,(H,20,21). The van der Waals surface area contributed by atoms with Crippen molar-refractivity contribution in [2.75, 3.05) is 10.0 Å². The highest BCUT2D eigenvalue weighted by Gasteiger charge is 2.22. The van der Waals surface area contributed by atoms with Gasteiger partial charge in [-0.2, -0.15) is 5.10 Å². The average molecular weight is 360 g/mol. The van der Waals surface area contributed by atoms with Crippen LogP contribution in [0.2, 0.25) is 0 Å². The molecule has 25 heavy (non-hydrogen) atoms. The van der Waals surface area contributed by atoms with E-state index in [1.165, 1.54) is 12.1 Å². The van der Waals surface area contributed by atoms with E-state index in [9.17, 15) is 12.8 Å². The third-order valence-electron chi connectivity index (χ3n) is 3.60. The lowest BCUT2D eigenvalue weighted by Crippen LogP contribution is -2.14. The van der Waals surface area contributed by atoms with Crippen LogP contribution in [0.5, 0.6) is 0 Å². The topological polar surface area (TPSA) is 86.9 Å². The largest absolute Gasteiger partial charge is 0.356 e. The maximum atomic E-state index is 12.9. The van der Waals surface area contributed by atoms with Gasteiger partial charge in [0.1, 0.15) is 10.7 Å². The molecule has 0 amide bonds. The monoisotopic (exact) mass is 360 g/mol. The lowest BCUT2D eigenvalue weighted by atomic mass is 10.2. The number of halogens is 1. The number of anilines is 3. The summed E-state index contributed by atoms with van der Waals surface area (Å²) >= 11 is 0.